The maximum absolute atomic E-state index is 12.5. The number of amides is 1. The molecular weight excluding hydrogens is 398 g/mol. The van der Waals surface area contributed by atoms with Crippen LogP contribution in [0.3, 0.4) is 0 Å². The number of benzene rings is 1. The zero-order valence-electron chi connectivity index (χ0n) is 18.0. The van der Waals surface area contributed by atoms with Crippen molar-refractivity contribution >= 4 is 5.91 Å². The Balaban J connectivity index is 1.27. The molecule has 1 atom stereocenters. The van der Waals surface area contributed by atoms with Crippen LogP contribution in [-0.4, -0.2) is 33.3 Å². The Morgan fingerprint density at radius 2 is 1.94 bits per heavy atom. The Kier molecular flexibility index (Phi) is 6.29. The van der Waals surface area contributed by atoms with Gasteiger partial charge in [-0.05, 0) is 49.4 Å². The lowest BCUT2D eigenvalue weighted by molar-refractivity contribution is -0.122. The molecule has 1 amide bonds. The molecular formula is C22H27N5O4. The predicted molar refractivity (Wildman–Crippen MR) is 111 cm³/mol. The average molecular weight is 425 g/mol. The van der Waals surface area contributed by atoms with Crippen molar-refractivity contribution in [3.8, 4) is 17.1 Å². The molecule has 0 aliphatic heterocycles. The lowest BCUT2D eigenvalue weighted by Crippen LogP contribution is -2.31. The van der Waals surface area contributed by atoms with Crippen LogP contribution in [0.15, 0.2) is 33.3 Å². The van der Waals surface area contributed by atoms with E-state index in [1.165, 1.54) is 0 Å². The van der Waals surface area contributed by atoms with Crippen LogP contribution in [0.5, 0.6) is 5.75 Å². The van der Waals surface area contributed by atoms with E-state index in [9.17, 15) is 4.79 Å². The Hall–Kier alpha value is -3.23. The van der Waals surface area contributed by atoms with Gasteiger partial charge in [0.25, 0.3) is 0 Å². The standard InChI is InChI=1S/C22H27N5O4/c1-13(2)19(22-25-21(27-31-22)14-7-8-14)23-17(28)5-4-6-18-24-20(26-30-18)15-9-11-16(29-3)12-10-15/h9-14,19H,4-8H2,1-3H3,(H,23,28). The van der Waals surface area contributed by atoms with Gasteiger partial charge in [0.2, 0.25) is 23.5 Å². The van der Waals surface area contributed by atoms with Gasteiger partial charge >= 0.3 is 0 Å². The quantitative estimate of drug-likeness (QED) is 0.521. The van der Waals surface area contributed by atoms with Gasteiger partial charge in [0.15, 0.2) is 5.82 Å². The second kappa shape index (κ2) is 9.28. The van der Waals surface area contributed by atoms with Crippen LogP contribution in [-0.2, 0) is 11.2 Å². The number of hydrogen-bond donors (Lipinski definition) is 1. The van der Waals surface area contributed by atoms with Crippen LogP contribution in [0.2, 0.25) is 0 Å². The number of methoxy groups -OCH3 is 1. The van der Waals surface area contributed by atoms with E-state index in [2.05, 4.69) is 25.6 Å². The Morgan fingerprint density at radius 1 is 1.16 bits per heavy atom. The largest absolute Gasteiger partial charge is 0.497 e. The first-order chi connectivity index (χ1) is 15.0. The van der Waals surface area contributed by atoms with Crippen LogP contribution < -0.4 is 10.1 Å². The van der Waals surface area contributed by atoms with Crippen LogP contribution in [0.4, 0.5) is 0 Å². The zero-order valence-corrected chi connectivity index (χ0v) is 18.0. The first-order valence-corrected chi connectivity index (χ1v) is 10.6. The summed E-state index contributed by atoms with van der Waals surface area (Å²) in [6.45, 7) is 4.04. The van der Waals surface area contributed by atoms with E-state index in [-0.39, 0.29) is 17.9 Å². The number of rotatable bonds is 10. The number of nitrogens with one attached hydrogen (secondary N) is 1. The molecule has 2 heterocycles. The highest BCUT2D eigenvalue weighted by Gasteiger charge is 2.31. The molecule has 0 spiro atoms. The van der Waals surface area contributed by atoms with Crippen LogP contribution >= 0.6 is 0 Å². The lowest BCUT2D eigenvalue weighted by atomic mass is 10.0. The highest BCUT2D eigenvalue weighted by molar-refractivity contribution is 5.76. The monoisotopic (exact) mass is 425 g/mol. The summed E-state index contributed by atoms with van der Waals surface area (Å²) in [5.74, 6) is 3.50. The molecule has 0 bridgehead atoms. The van der Waals surface area contributed by atoms with Crippen molar-refractivity contribution in [2.24, 2.45) is 5.92 Å². The molecule has 164 valence electrons. The van der Waals surface area contributed by atoms with Crippen molar-refractivity contribution in [1.82, 2.24) is 25.6 Å². The van der Waals surface area contributed by atoms with Crippen molar-refractivity contribution in [3.05, 3.63) is 41.9 Å². The van der Waals surface area contributed by atoms with E-state index in [0.29, 0.717) is 42.8 Å². The summed E-state index contributed by atoms with van der Waals surface area (Å²) >= 11 is 0. The number of ether oxygens (including phenoxy) is 1. The topological polar surface area (TPSA) is 116 Å². The smallest absolute Gasteiger partial charge is 0.249 e. The minimum absolute atomic E-state index is 0.0697. The third-order valence-electron chi connectivity index (χ3n) is 5.26. The minimum atomic E-state index is -0.294. The van der Waals surface area contributed by atoms with Gasteiger partial charge in [0.1, 0.15) is 11.8 Å². The molecule has 1 unspecified atom stereocenters. The van der Waals surface area contributed by atoms with Gasteiger partial charge in [-0.15, -0.1) is 0 Å². The van der Waals surface area contributed by atoms with Crippen molar-refractivity contribution < 1.29 is 18.6 Å². The number of aromatic nitrogens is 4. The number of aryl methyl sites for hydroxylation is 1. The highest BCUT2D eigenvalue weighted by atomic mass is 16.5. The molecule has 1 aliphatic rings. The number of carbonyl (C=O) groups is 1. The van der Waals surface area contributed by atoms with Gasteiger partial charge in [-0.2, -0.15) is 9.97 Å². The van der Waals surface area contributed by atoms with E-state index >= 15 is 0 Å². The molecule has 2 aromatic heterocycles. The van der Waals surface area contributed by atoms with Crippen molar-refractivity contribution in [2.45, 2.75) is 57.9 Å². The summed E-state index contributed by atoms with van der Waals surface area (Å²) in [4.78, 5) is 21.4. The second-order valence-electron chi connectivity index (χ2n) is 8.15. The molecule has 9 heteroatoms. The number of nitrogens with zero attached hydrogens (tertiary/aromatic N) is 4. The van der Waals surface area contributed by atoms with Gasteiger partial charge in [0, 0.05) is 24.3 Å². The highest BCUT2D eigenvalue weighted by Crippen LogP contribution is 2.38. The molecule has 4 rings (SSSR count). The first-order valence-electron chi connectivity index (χ1n) is 10.6. The van der Waals surface area contributed by atoms with Crippen molar-refractivity contribution in [1.29, 1.82) is 0 Å². The second-order valence-corrected chi connectivity index (χ2v) is 8.15. The summed E-state index contributed by atoms with van der Waals surface area (Å²) < 4.78 is 15.9. The Labute approximate surface area is 180 Å². The summed E-state index contributed by atoms with van der Waals surface area (Å²) in [6, 6.07) is 7.14. The third-order valence-corrected chi connectivity index (χ3v) is 5.26. The normalized spacial score (nSPS) is 14.6. The zero-order chi connectivity index (χ0) is 21.8. The van der Waals surface area contributed by atoms with Gasteiger partial charge in [-0.25, -0.2) is 0 Å². The molecule has 1 saturated carbocycles. The maximum atomic E-state index is 12.5. The van der Waals surface area contributed by atoms with E-state index in [0.717, 1.165) is 30.0 Å². The van der Waals surface area contributed by atoms with Gasteiger partial charge < -0.3 is 19.1 Å². The van der Waals surface area contributed by atoms with Crippen LogP contribution in [0.1, 0.15) is 69.1 Å². The Morgan fingerprint density at radius 3 is 2.61 bits per heavy atom. The molecule has 0 saturated heterocycles. The number of carbonyl (C=O) groups excluding carboxylic acids is 1. The minimum Gasteiger partial charge on any atom is -0.497 e. The lowest BCUT2D eigenvalue weighted by Gasteiger charge is -2.18. The Bertz CT molecular complexity index is 1010. The van der Waals surface area contributed by atoms with Crippen LogP contribution in [0, 0.1) is 5.92 Å². The maximum Gasteiger partial charge on any atom is 0.249 e. The van der Waals surface area contributed by atoms with Gasteiger partial charge in [-0.3, -0.25) is 4.79 Å². The molecule has 0 radical (unpaired) electrons. The summed E-state index contributed by atoms with van der Waals surface area (Å²) in [5, 5.41) is 11.1. The van der Waals surface area contributed by atoms with E-state index in [1.807, 2.05) is 38.1 Å². The molecule has 1 aromatic carbocycles. The average Bonchev–Trinajstić information content (AvgIpc) is 3.31. The van der Waals surface area contributed by atoms with Gasteiger partial charge in [-0.1, -0.05) is 24.2 Å². The number of hydrogen-bond acceptors (Lipinski definition) is 8. The van der Waals surface area contributed by atoms with Crippen molar-refractivity contribution in [3.63, 3.8) is 0 Å². The fourth-order valence-electron chi connectivity index (χ4n) is 3.25. The van der Waals surface area contributed by atoms with Gasteiger partial charge in [0.05, 0.1) is 7.11 Å². The predicted octanol–water partition coefficient (Wildman–Crippen LogP) is 3.84. The van der Waals surface area contributed by atoms with E-state index < -0.39 is 0 Å². The molecule has 1 aliphatic carbocycles. The molecule has 9 nitrogen and oxygen atoms in total. The van der Waals surface area contributed by atoms with Crippen molar-refractivity contribution in [2.75, 3.05) is 7.11 Å². The molecule has 1 fully saturated rings. The summed E-state index contributed by atoms with van der Waals surface area (Å²) in [6.07, 6.45) is 3.67. The fourth-order valence-corrected chi connectivity index (χ4v) is 3.25. The SMILES string of the molecule is COc1ccc(-c2noc(CCCC(=O)NC(c3nc(C4CC4)no3)C(C)C)n2)cc1. The third kappa shape index (κ3) is 5.28. The summed E-state index contributed by atoms with van der Waals surface area (Å²) in [5.41, 5.74) is 0.846. The molecule has 3 aromatic rings. The van der Waals surface area contributed by atoms with E-state index in [4.69, 9.17) is 13.8 Å². The first kappa shape index (κ1) is 21.0. The van der Waals surface area contributed by atoms with E-state index in [1.54, 1.807) is 7.11 Å². The summed E-state index contributed by atoms with van der Waals surface area (Å²) in [7, 11) is 1.62. The fraction of sp³-hybridized carbons (Fsp3) is 0.500. The molecule has 31 heavy (non-hydrogen) atoms. The van der Waals surface area contributed by atoms with Crippen LogP contribution in [0.25, 0.3) is 11.4 Å². The molecule has 1 N–H and O–H groups in total.